The minimum Gasteiger partial charge on any atom is -0.441 e. The van der Waals surface area contributed by atoms with Crippen molar-refractivity contribution in [2.24, 2.45) is 0 Å². The third kappa shape index (κ3) is 3.58. The second kappa shape index (κ2) is 6.73. The largest absolute Gasteiger partial charge is 0.441 e. The molecule has 0 aliphatic carbocycles. The molecule has 0 aliphatic rings. The molecular formula is C15H19ClN2O. The zero-order valence-corrected chi connectivity index (χ0v) is 12.1. The van der Waals surface area contributed by atoms with E-state index < -0.39 is 0 Å². The number of halogens is 1. The van der Waals surface area contributed by atoms with E-state index in [0.29, 0.717) is 0 Å². The lowest BCUT2D eigenvalue weighted by Crippen LogP contribution is -2.17. The molecule has 0 amide bonds. The van der Waals surface area contributed by atoms with Gasteiger partial charge in [0.05, 0.1) is 6.20 Å². The van der Waals surface area contributed by atoms with Crippen molar-refractivity contribution in [1.82, 2.24) is 10.3 Å². The lowest BCUT2D eigenvalue weighted by Gasteiger charge is -2.03. The summed E-state index contributed by atoms with van der Waals surface area (Å²) in [5, 5.41) is 4.08. The van der Waals surface area contributed by atoms with Crippen LogP contribution in [0.25, 0.3) is 11.3 Å². The van der Waals surface area contributed by atoms with Crippen molar-refractivity contribution >= 4 is 11.6 Å². The second-order valence-electron chi connectivity index (χ2n) is 4.53. The van der Waals surface area contributed by atoms with Gasteiger partial charge >= 0.3 is 0 Å². The summed E-state index contributed by atoms with van der Waals surface area (Å²) < 4.78 is 5.78. The Labute approximate surface area is 119 Å². The fourth-order valence-electron chi connectivity index (χ4n) is 1.92. The Hall–Kier alpha value is -1.32. The molecule has 2 rings (SSSR count). The minimum atomic E-state index is 0.750. The number of benzene rings is 1. The third-order valence-electron chi connectivity index (χ3n) is 3.03. The topological polar surface area (TPSA) is 38.1 Å². The molecule has 0 radical (unpaired) electrons. The van der Waals surface area contributed by atoms with Gasteiger partial charge in [-0.05, 0) is 31.5 Å². The Morgan fingerprint density at radius 2 is 2.16 bits per heavy atom. The van der Waals surface area contributed by atoms with Crippen LogP contribution in [0.5, 0.6) is 0 Å². The molecule has 1 N–H and O–H groups in total. The zero-order valence-electron chi connectivity index (χ0n) is 11.4. The van der Waals surface area contributed by atoms with Gasteiger partial charge in [-0.3, -0.25) is 0 Å². The van der Waals surface area contributed by atoms with E-state index in [9.17, 15) is 0 Å². The minimum absolute atomic E-state index is 0.750. The molecule has 3 nitrogen and oxygen atoms in total. The van der Waals surface area contributed by atoms with Crippen LogP contribution in [0.1, 0.15) is 24.8 Å². The Morgan fingerprint density at radius 3 is 2.95 bits per heavy atom. The van der Waals surface area contributed by atoms with E-state index in [-0.39, 0.29) is 0 Å². The van der Waals surface area contributed by atoms with Crippen molar-refractivity contribution < 1.29 is 4.42 Å². The molecule has 0 unspecified atom stereocenters. The van der Waals surface area contributed by atoms with Crippen LogP contribution in [0.3, 0.4) is 0 Å². The molecule has 0 spiro atoms. The van der Waals surface area contributed by atoms with Crippen LogP contribution in [-0.2, 0) is 6.42 Å². The molecule has 0 atom stereocenters. The molecule has 0 saturated carbocycles. The zero-order chi connectivity index (χ0) is 13.7. The predicted molar refractivity (Wildman–Crippen MR) is 78.6 cm³/mol. The molecule has 102 valence electrons. The van der Waals surface area contributed by atoms with Crippen molar-refractivity contribution in [3.63, 3.8) is 0 Å². The van der Waals surface area contributed by atoms with E-state index in [1.165, 1.54) is 0 Å². The summed E-state index contributed by atoms with van der Waals surface area (Å²) in [5.74, 6) is 1.54. The molecule has 2 aromatic rings. The Balaban J connectivity index is 2.06. The van der Waals surface area contributed by atoms with Crippen molar-refractivity contribution in [1.29, 1.82) is 0 Å². The highest BCUT2D eigenvalue weighted by Crippen LogP contribution is 2.28. The van der Waals surface area contributed by atoms with E-state index in [1.807, 2.05) is 25.1 Å². The van der Waals surface area contributed by atoms with Crippen LogP contribution in [0.15, 0.2) is 28.8 Å². The van der Waals surface area contributed by atoms with Crippen molar-refractivity contribution in [2.75, 3.05) is 13.1 Å². The van der Waals surface area contributed by atoms with Crippen LogP contribution in [0, 0.1) is 6.92 Å². The Bertz CT molecular complexity index is 537. The van der Waals surface area contributed by atoms with Gasteiger partial charge in [-0.2, -0.15) is 0 Å². The van der Waals surface area contributed by atoms with Gasteiger partial charge in [0.25, 0.3) is 0 Å². The number of nitrogens with zero attached hydrogens (tertiary/aromatic N) is 1. The third-order valence-corrected chi connectivity index (χ3v) is 3.44. The number of hydrogen-bond donors (Lipinski definition) is 1. The van der Waals surface area contributed by atoms with Crippen LogP contribution in [0.2, 0.25) is 5.02 Å². The van der Waals surface area contributed by atoms with E-state index in [4.69, 9.17) is 16.0 Å². The predicted octanol–water partition coefficient (Wildman–Crippen LogP) is 3.85. The monoisotopic (exact) mass is 278 g/mol. The quantitative estimate of drug-likeness (QED) is 0.816. The lowest BCUT2D eigenvalue weighted by molar-refractivity contribution is 0.494. The Morgan fingerprint density at radius 1 is 1.32 bits per heavy atom. The van der Waals surface area contributed by atoms with Crippen molar-refractivity contribution in [3.8, 4) is 11.3 Å². The van der Waals surface area contributed by atoms with Crippen LogP contribution in [0.4, 0.5) is 0 Å². The molecule has 4 heteroatoms. The first-order valence-corrected chi connectivity index (χ1v) is 7.01. The number of nitrogens with one attached hydrogen (secondary N) is 1. The molecule has 0 saturated heterocycles. The molecule has 19 heavy (non-hydrogen) atoms. The number of rotatable bonds is 6. The van der Waals surface area contributed by atoms with Gasteiger partial charge in [0, 0.05) is 23.6 Å². The summed E-state index contributed by atoms with van der Waals surface area (Å²) in [6.07, 6.45) is 3.71. The molecule has 0 aliphatic heterocycles. The highest BCUT2D eigenvalue weighted by atomic mass is 35.5. The number of hydrogen-bond acceptors (Lipinski definition) is 3. The molecular weight excluding hydrogens is 260 g/mol. The van der Waals surface area contributed by atoms with Crippen molar-refractivity contribution in [2.45, 2.75) is 26.7 Å². The molecule has 1 aromatic heterocycles. The highest BCUT2D eigenvalue weighted by molar-refractivity contribution is 6.31. The first kappa shape index (κ1) is 14.1. The lowest BCUT2D eigenvalue weighted by atomic mass is 10.1. The maximum atomic E-state index is 6.12. The van der Waals surface area contributed by atoms with E-state index in [1.54, 1.807) is 6.20 Å². The maximum absolute atomic E-state index is 6.12. The van der Waals surface area contributed by atoms with Crippen LogP contribution in [-0.4, -0.2) is 18.1 Å². The smallest absolute Gasteiger partial charge is 0.196 e. The average Bonchev–Trinajstić information content (AvgIpc) is 2.87. The van der Waals surface area contributed by atoms with E-state index >= 15 is 0 Å². The van der Waals surface area contributed by atoms with Crippen molar-refractivity contribution in [3.05, 3.63) is 40.9 Å². The standard InChI is InChI=1S/C15H19ClN2O/c1-3-8-17-9-7-15-18-10-14(19-15)12-5-4-6-13(16)11(12)2/h4-6,10,17H,3,7-9H2,1-2H3. The van der Waals surface area contributed by atoms with Gasteiger partial charge < -0.3 is 9.73 Å². The molecule has 1 aromatic carbocycles. The average molecular weight is 279 g/mol. The van der Waals surface area contributed by atoms with Gasteiger partial charge in [0.15, 0.2) is 11.7 Å². The fourth-order valence-corrected chi connectivity index (χ4v) is 2.10. The van der Waals surface area contributed by atoms with Gasteiger partial charge in [0.2, 0.25) is 0 Å². The summed E-state index contributed by atoms with van der Waals surface area (Å²) in [4.78, 5) is 4.31. The molecule has 1 heterocycles. The first-order chi connectivity index (χ1) is 9.22. The summed E-state index contributed by atoms with van der Waals surface area (Å²) in [6, 6.07) is 5.81. The SMILES string of the molecule is CCCNCCc1ncc(-c2cccc(Cl)c2C)o1. The van der Waals surface area contributed by atoms with E-state index in [2.05, 4.69) is 17.2 Å². The summed E-state index contributed by atoms with van der Waals surface area (Å²) in [6.45, 7) is 6.06. The van der Waals surface area contributed by atoms with Gasteiger partial charge in [0.1, 0.15) is 0 Å². The maximum Gasteiger partial charge on any atom is 0.196 e. The van der Waals surface area contributed by atoms with E-state index in [0.717, 1.165) is 53.7 Å². The highest BCUT2D eigenvalue weighted by Gasteiger charge is 2.10. The first-order valence-electron chi connectivity index (χ1n) is 6.63. The summed E-state index contributed by atoms with van der Waals surface area (Å²) >= 11 is 6.12. The van der Waals surface area contributed by atoms with Gasteiger partial charge in [-0.25, -0.2) is 4.98 Å². The molecule has 0 bridgehead atoms. The second-order valence-corrected chi connectivity index (χ2v) is 4.94. The summed E-state index contributed by atoms with van der Waals surface area (Å²) in [5.41, 5.74) is 2.03. The van der Waals surface area contributed by atoms with Gasteiger partial charge in [-0.1, -0.05) is 30.7 Å². The van der Waals surface area contributed by atoms with Crippen LogP contribution < -0.4 is 5.32 Å². The Kier molecular flexibility index (Phi) is 5.00. The number of aromatic nitrogens is 1. The molecule has 0 fully saturated rings. The van der Waals surface area contributed by atoms with Gasteiger partial charge in [-0.15, -0.1) is 0 Å². The summed E-state index contributed by atoms with van der Waals surface area (Å²) in [7, 11) is 0. The number of oxazole rings is 1. The normalized spacial score (nSPS) is 10.9. The fraction of sp³-hybridized carbons (Fsp3) is 0.400. The van der Waals surface area contributed by atoms with Crippen LogP contribution >= 0.6 is 11.6 Å².